The number of sulfonamides is 1. The molecule has 4 aromatic rings. The molecule has 0 amide bonds. The van der Waals surface area contributed by atoms with Crippen molar-refractivity contribution in [3.63, 3.8) is 0 Å². The van der Waals surface area contributed by atoms with E-state index in [1.54, 1.807) is 36.4 Å². The van der Waals surface area contributed by atoms with Gasteiger partial charge < -0.3 is 9.72 Å². The first-order valence-corrected chi connectivity index (χ1v) is 12.0. The Balaban J connectivity index is 1.53. The van der Waals surface area contributed by atoms with E-state index in [9.17, 15) is 21.6 Å². The van der Waals surface area contributed by atoms with Crippen molar-refractivity contribution in [1.82, 2.24) is 9.97 Å². The Morgan fingerprint density at radius 2 is 1.76 bits per heavy atom. The Kier molecular flexibility index (Phi) is 6.34. The molecule has 0 saturated heterocycles. The first-order valence-electron chi connectivity index (χ1n) is 10.1. The van der Waals surface area contributed by atoms with E-state index in [0.29, 0.717) is 11.5 Å². The lowest BCUT2D eigenvalue weighted by atomic mass is 10.0. The van der Waals surface area contributed by atoms with Crippen LogP contribution in [-0.2, 0) is 10.0 Å². The number of imidazole rings is 1. The smallest absolute Gasteiger partial charge is 0.422 e. The maximum Gasteiger partial charge on any atom is 0.422 e. The second-order valence-corrected chi connectivity index (χ2v) is 9.33. The molecule has 0 spiro atoms. The average molecular weight is 488 g/mol. The van der Waals surface area contributed by atoms with Crippen LogP contribution in [0.4, 0.5) is 18.9 Å². The maximum absolute atomic E-state index is 12.2. The number of nitrogens with one attached hydrogen (secondary N) is 2. The fraction of sp³-hybridized carbons (Fsp3) is 0.125. The molecule has 0 saturated carbocycles. The summed E-state index contributed by atoms with van der Waals surface area (Å²) in [6.07, 6.45) is 0.248. The molecule has 0 fully saturated rings. The van der Waals surface area contributed by atoms with Crippen LogP contribution in [0, 0.1) is 0 Å². The van der Waals surface area contributed by atoms with Crippen LogP contribution in [-0.4, -0.2) is 37.4 Å². The number of para-hydroxylation sites is 1. The number of fused-ring (bicyclic) bond motifs is 1. The second kappa shape index (κ2) is 9.22. The number of aromatic amines is 1. The first kappa shape index (κ1) is 23.4. The Morgan fingerprint density at radius 1 is 1.03 bits per heavy atom. The van der Waals surface area contributed by atoms with E-state index < -0.39 is 22.8 Å². The molecule has 0 aliphatic rings. The first-order chi connectivity index (χ1) is 16.1. The zero-order valence-electron chi connectivity index (χ0n) is 17.9. The molecule has 4 rings (SSSR count). The molecule has 1 heterocycles. The number of nitrogens with zero attached hydrogens (tertiary/aromatic N) is 1. The minimum absolute atomic E-state index is 0.136. The fourth-order valence-corrected chi connectivity index (χ4v) is 3.89. The number of hydrogen-bond acceptors (Lipinski definition) is 4. The van der Waals surface area contributed by atoms with Crippen LogP contribution in [0.15, 0.2) is 66.7 Å². The summed E-state index contributed by atoms with van der Waals surface area (Å²) in [5.74, 6) is 0.725. The summed E-state index contributed by atoms with van der Waals surface area (Å²) in [5, 5.41) is 0. The molecule has 0 bridgehead atoms. The summed E-state index contributed by atoms with van der Waals surface area (Å²) < 4.78 is 67.4. The van der Waals surface area contributed by atoms with Crippen molar-refractivity contribution < 1.29 is 26.3 Å². The van der Waals surface area contributed by atoms with Gasteiger partial charge in [-0.1, -0.05) is 42.5 Å². The lowest BCUT2D eigenvalue weighted by Crippen LogP contribution is -2.19. The number of benzene rings is 3. The third-order valence-corrected chi connectivity index (χ3v) is 5.34. The van der Waals surface area contributed by atoms with Crippen molar-refractivity contribution in [2.75, 3.05) is 17.6 Å². The highest BCUT2D eigenvalue weighted by atomic mass is 32.2. The summed E-state index contributed by atoms with van der Waals surface area (Å²) >= 11 is 0. The van der Waals surface area contributed by atoms with Gasteiger partial charge >= 0.3 is 6.18 Å². The molecule has 2 N–H and O–H groups in total. The quantitative estimate of drug-likeness (QED) is 0.350. The van der Waals surface area contributed by atoms with Gasteiger partial charge in [-0.2, -0.15) is 13.2 Å². The molecule has 176 valence electrons. The lowest BCUT2D eigenvalue weighted by Gasteiger charge is -2.10. The number of hydrogen-bond donors (Lipinski definition) is 2. The topological polar surface area (TPSA) is 84.1 Å². The van der Waals surface area contributed by atoms with Crippen molar-refractivity contribution in [1.29, 1.82) is 0 Å². The zero-order chi connectivity index (χ0) is 24.3. The number of alkyl halides is 3. The van der Waals surface area contributed by atoms with Gasteiger partial charge in [0.2, 0.25) is 10.0 Å². The normalized spacial score (nSPS) is 12.4. The molecule has 3 aromatic carbocycles. The second-order valence-electron chi connectivity index (χ2n) is 7.58. The Morgan fingerprint density at radius 3 is 2.47 bits per heavy atom. The number of aromatic nitrogens is 2. The molecule has 10 heteroatoms. The standard InChI is InChI=1S/C24H20F3N3O3S/c1-34(31,32)30-20-5-3-2-4-19(20)17-9-12-21-22(14-17)29-23(28-21)13-8-16-6-10-18(11-7-16)33-15-24(25,26)27/h2-14,30H,15H2,1H3,(H,28,29). The summed E-state index contributed by atoms with van der Waals surface area (Å²) in [6.45, 7) is -1.34. The Hall–Kier alpha value is -3.79. The van der Waals surface area contributed by atoms with Crippen LogP contribution in [0.5, 0.6) is 5.75 Å². The molecule has 0 aliphatic carbocycles. The summed E-state index contributed by atoms with van der Waals surface area (Å²) in [4.78, 5) is 7.72. The van der Waals surface area contributed by atoms with E-state index >= 15 is 0 Å². The van der Waals surface area contributed by atoms with Gasteiger partial charge in [-0.25, -0.2) is 13.4 Å². The zero-order valence-corrected chi connectivity index (χ0v) is 18.7. The van der Waals surface area contributed by atoms with Crippen molar-refractivity contribution in [3.8, 4) is 16.9 Å². The van der Waals surface area contributed by atoms with Gasteiger partial charge in [-0.15, -0.1) is 0 Å². The van der Waals surface area contributed by atoms with Gasteiger partial charge in [0, 0.05) is 5.56 Å². The highest BCUT2D eigenvalue weighted by Gasteiger charge is 2.28. The van der Waals surface area contributed by atoms with Crippen molar-refractivity contribution in [3.05, 3.63) is 78.1 Å². The Labute approximate surface area is 194 Å². The van der Waals surface area contributed by atoms with Crippen LogP contribution < -0.4 is 9.46 Å². The van der Waals surface area contributed by atoms with E-state index in [2.05, 4.69) is 14.7 Å². The number of halogens is 3. The number of H-pyrrole nitrogens is 1. The van der Waals surface area contributed by atoms with E-state index in [1.807, 2.05) is 30.3 Å². The highest BCUT2D eigenvalue weighted by molar-refractivity contribution is 7.92. The van der Waals surface area contributed by atoms with E-state index in [1.165, 1.54) is 12.1 Å². The SMILES string of the molecule is CS(=O)(=O)Nc1ccccc1-c1ccc2nc(C=Cc3ccc(OCC(F)(F)F)cc3)[nH]c2c1. The maximum atomic E-state index is 12.2. The van der Waals surface area contributed by atoms with Gasteiger partial charge in [0.15, 0.2) is 6.61 Å². The molecule has 0 aliphatic heterocycles. The molecular weight excluding hydrogens is 467 g/mol. The minimum atomic E-state index is -4.38. The summed E-state index contributed by atoms with van der Waals surface area (Å²) in [6, 6.07) is 18.9. The van der Waals surface area contributed by atoms with Crippen LogP contribution in [0.1, 0.15) is 11.4 Å². The Bertz CT molecular complexity index is 1440. The van der Waals surface area contributed by atoms with Crippen LogP contribution in [0.25, 0.3) is 34.3 Å². The number of ether oxygens (including phenoxy) is 1. The summed E-state index contributed by atoms with van der Waals surface area (Å²) in [7, 11) is -3.43. The molecule has 0 radical (unpaired) electrons. The predicted molar refractivity (Wildman–Crippen MR) is 127 cm³/mol. The molecule has 34 heavy (non-hydrogen) atoms. The van der Waals surface area contributed by atoms with Crippen LogP contribution in [0.3, 0.4) is 0 Å². The predicted octanol–water partition coefficient (Wildman–Crippen LogP) is 5.71. The molecular formula is C24H20F3N3O3S. The minimum Gasteiger partial charge on any atom is -0.484 e. The van der Waals surface area contributed by atoms with Gasteiger partial charge in [0.1, 0.15) is 11.6 Å². The van der Waals surface area contributed by atoms with Gasteiger partial charge in [0.25, 0.3) is 0 Å². The number of anilines is 1. The van der Waals surface area contributed by atoms with Gasteiger partial charge in [-0.3, -0.25) is 4.72 Å². The largest absolute Gasteiger partial charge is 0.484 e. The monoisotopic (exact) mass is 487 g/mol. The average Bonchev–Trinajstić information content (AvgIpc) is 3.18. The highest BCUT2D eigenvalue weighted by Crippen LogP contribution is 2.30. The van der Waals surface area contributed by atoms with Crippen molar-refractivity contribution >= 4 is 38.9 Å². The van der Waals surface area contributed by atoms with Crippen molar-refractivity contribution in [2.24, 2.45) is 0 Å². The summed E-state index contributed by atoms with van der Waals surface area (Å²) in [5.41, 5.74) is 4.28. The molecule has 0 atom stereocenters. The third kappa shape index (κ3) is 6.16. The number of rotatable bonds is 7. The molecule has 0 unspecified atom stereocenters. The van der Waals surface area contributed by atoms with E-state index in [4.69, 9.17) is 4.74 Å². The fourth-order valence-electron chi connectivity index (χ4n) is 3.31. The molecule has 6 nitrogen and oxygen atoms in total. The van der Waals surface area contributed by atoms with Crippen molar-refractivity contribution in [2.45, 2.75) is 6.18 Å². The van der Waals surface area contributed by atoms with E-state index in [-0.39, 0.29) is 5.75 Å². The van der Waals surface area contributed by atoms with Crippen LogP contribution >= 0.6 is 0 Å². The lowest BCUT2D eigenvalue weighted by molar-refractivity contribution is -0.153. The van der Waals surface area contributed by atoms with Gasteiger partial charge in [-0.05, 0) is 47.5 Å². The molecule has 1 aromatic heterocycles. The van der Waals surface area contributed by atoms with E-state index in [0.717, 1.165) is 34.0 Å². The van der Waals surface area contributed by atoms with Crippen LogP contribution in [0.2, 0.25) is 0 Å². The third-order valence-electron chi connectivity index (χ3n) is 4.75. The van der Waals surface area contributed by atoms with Gasteiger partial charge in [0.05, 0.1) is 23.0 Å².